The maximum Gasteiger partial charge on any atom is 0.251 e. The van der Waals surface area contributed by atoms with Gasteiger partial charge in [0.05, 0.1) is 23.8 Å². The van der Waals surface area contributed by atoms with Gasteiger partial charge in [-0.05, 0) is 24.6 Å². The average molecular weight is 378 g/mol. The van der Waals surface area contributed by atoms with Crippen LogP contribution in [0.4, 0.5) is 0 Å². The molecule has 2 atom stereocenters. The molecule has 2 N–H and O–H groups in total. The SMILES string of the molecule is Cc1ccc2c(c1)c(CNC(=O)[C@H]1OCC(=O)N[C@@H]1c1ccccc1)nn2C. The van der Waals surface area contributed by atoms with Crippen LogP contribution in [0.3, 0.4) is 0 Å². The summed E-state index contributed by atoms with van der Waals surface area (Å²) >= 11 is 0. The van der Waals surface area contributed by atoms with Crippen LogP contribution in [0.15, 0.2) is 48.5 Å². The van der Waals surface area contributed by atoms with Gasteiger partial charge in [0.2, 0.25) is 5.91 Å². The Kier molecular flexibility index (Phi) is 4.83. The van der Waals surface area contributed by atoms with E-state index in [-0.39, 0.29) is 25.0 Å². The molecule has 2 amide bonds. The van der Waals surface area contributed by atoms with Crippen molar-refractivity contribution in [2.45, 2.75) is 25.6 Å². The van der Waals surface area contributed by atoms with E-state index >= 15 is 0 Å². The second-order valence-corrected chi connectivity index (χ2v) is 7.00. The number of hydrogen-bond acceptors (Lipinski definition) is 4. The van der Waals surface area contributed by atoms with E-state index in [2.05, 4.69) is 21.8 Å². The predicted molar refractivity (Wildman–Crippen MR) is 104 cm³/mol. The molecule has 1 aliphatic heterocycles. The van der Waals surface area contributed by atoms with E-state index in [0.717, 1.165) is 27.7 Å². The molecule has 2 aromatic carbocycles. The summed E-state index contributed by atoms with van der Waals surface area (Å²) in [7, 11) is 1.88. The second kappa shape index (κ2) is 7.44. The first-order valence-corrected chi connectivity index (χ1v) is 9.19. The molecule has 3 aromatic rings. The third-order valence-electron chi connectivity index (χ3n) is 4.94. The predicted octanol–water partition coefficient (Wildman–Crippen LogP) is 1.75. The summed E-state index contributed by atoms with van der Waals surface area (Å²) in [6.45, 7) is 2.18. The Bertz CT molecular complexity index is 1030. The largest absolute Gasteiger partial charge is 0.356 e. The summed E-state index contributed by atoms with van der Waals surface area (Å²) in [6.07, 6.45) is -0.795. The standard InChI is InChI=1S/C21H22N4O3/c1-13-8-9-17-15(10-13)16(24-25(17)2)11-22-21(27)20-19(23-18(26)12-28-20)14-6-4-3-5-7-14/h3-10,19-20H,11-12H2,1-2H3,(H,22,27)(H,23,26)/t19-,20+/m1/s1. The van der Waals surface area contributed by atoms with Crippen LogP contribution in [0, 0.1) is 6.92 Å². The lowest BCUT2D eigenvalue weighted by molar-refractivity contribution is -0.148. The summed E-state index contributed by atoms with van der Waals surface area (Å²) in [6, 6.07) is 15.0. The lowest BCUT2D eigenvalue weighted by Gasteiger charge is -2.31. The smallest absolute Gasteiger partial charge is 0.251 e. The fourth-order valence-electron chi connectivity index (χ4n) is 3.55. The van der Waals surface area contributed by atoms with Crippen LogP contribution in [-0.2, 0) is 27.9 Å². The second-order valence-electron chi connectivity index (χ2n) is 7.00. The highest BCUT2D eigenvalue weighted by Crippen LogP contribution is 2.23. The van der Waals surface area contributed by atoms with E-state index < -0.39 is 12.1 Å². The molecule has 144 valence electrons. The van der Waals surface area contributed by atoms with Crippen molar-refractivity contribution in [2.24, 2.45) is 7.05 Å². The third kappa shape index (κ3) is 3.48. The van der Waals surface area contributed by atoms with Gasteiger partial charge in [0.15, 0.2) is 6.10 Å². The summed E-state index contributed by atoms with van der Waals surface area (Å²) in [5.41, 5.74) is 3.77. The molecular formula is C21H22N4O3. The lowest BCUT2D eigenvalue weighted by atomic mass is 9.99. The van der Waals surface area contributed by atoms with Crippen molar-refractivity contribution in [2.75, 3.05) is 6.61 Å². The molecule has 2 heterocycles. The zero-order chi connectivity index (χ0) is 19.7. The van der Waals surface area contributed by atoms with Crippen LogP contribution in [-0.4, -0.2) is 34.3 Å². The number of nitrogens with zero attached hydrogens (tertiary/aromatic N) is 2. The molecule has 0 aliphatic carbocycles. The van der Waals surface area contributed by atoms with E-state index in [4.69, 9.17) is 4.74 Å². The Labute approximate surface area is 162 Å². The van der Waals surface area contributed by atoms with Gasteiger partial charge in [-0.15, -0.1) is 0 Å². The number of morpholine rings is 1. The first-order chi connectivity index (χ1) is 13.5. The minimum Gasteiger partial charge on any atom is -0.356 e. The van der Waals surface area contributed by atoms with Crippen molar-refractivity contribution >= 4 is 22.7 Å². The maximum absolute atomic E-state index is 12.8. The van der Waals surface area contributed by atoms with E-state index in [1.807, 2.05) is 56.4 Å². The van der Waals surface area contributed by atoms with Crippen LogP contribution in [0.1, 0.15) is 22.9 Å². The lowest BCUT2D eigenvalue weighted by Crippen LogP contribution is -2.52. The number of rotatable bonds is 4. The summed E-state index contributed by atoms with van der Waals surface area (Å²) in [5.74, 6) is -0.510. The molecule has 0 saturated carbocycles. The minimum absolute atomic E-state index is 0.132. The van der Waals surface area contributed by atoms with Gasteiger partial charge in [-0.2, -0.15) is 5.10 Å². The monoisotopic (exact) mass is 378 g/mol. The van der Waals surface area contributed by atoms with Crippen LogP contribution >= 0.6 is 0 Å². The van der Waals surface area contributed by atoms with Gasteiger partial charge in [0, 0.05) is 12.4 Å². The summed E-state index contributed by atoms with van der Waals surface area (Å²) < 4.78 is 7.38. The van der Waals surface area contributed by atoms with E-state index in [1.165, 1.54) is 0 Å². The highest BCUT2D eigenvalue weighted by molar-refractivity contribution is 5.87. The molecule has 1 aromatic heterocycles. The number of benzene rings is 2. The molecule has 1 fully saturated rings. The molecule has 7 nitrogen and oxygen atoms in total. The Morgan fingerprint density at radius 1 is 1.29 bits per heavy atom. The van der Waals surface area contributed by atoms with Gasteiger partial charge in [-0.1, -0.05) is 42.0 Å². The zero-order valence-corrected chi connectivity index (χ0v) is 15.8. The van der Waals surface area contributed by atoms with E-state index in [0.29, 0.717) is 0 Å². The molecule has 0 unspecified atom stereocenters. The Balaban J connectivity index is 1.53. The van der Waals surface area contributed by atoms with Gasteiger partial charge in [0.25, 0.3) is 5.91 Å². The average Bonchev–Trinajstić information content (AvgIpc) is 3.01. The topological polar surface area (TPSA) is 85.2 Å². The van der Waals surface area contributed by atoms with Crippen LogP contribution in [0.2, 0.25) is 0 Å². The maximum atomic E-state index is 12.8. The number of aryl methyl sites for hydroxylation is 2. The Hall–Kier alpha value is -3.19. The molecule has 1 saturated heterocycles. The quantitative estimate of drug-likeness (QED) is 0.724. The van der Waals surface area contributed by atoms with Crippen LogP contribution < -0.4 is 10.6 Å². The third-order valence-corrected chi connectivity index (χ3v) is 4.94. The number of ether oxygens (including phenoxy) is 1. The molecule has 0 spiro atoms. The fourth-order valence-corrected chi connectivity index (χ4v) is 3.55. The highest BCUT2D eigenvalue weighted by Gasteiger charge is 2.36. The van der Waals surface area contributed by atoms with Crippen molar-refractivity contribution < 1.29 is 14.3 Å². The highest BCUT2D eigenvalue weighted by atomic mass is 16.5. The Morgan fingerprint density at radius 2 is 2.07 bits per heavy atom. The van der Waals surface area contributed by atoms with Gasteiger partial charge in [-0.3, -0.25) is 14.3 Å². The molecule has 28 heavy (non-hydrogen) atoms. The number of carbonyl (C=O) groups excluding carboxylic acids is 2. The van der Waals surface area contributed by atoms with Gasteiger partial charge < -0.3 is 15.4 Å². The summed E-state index contributed by atoms with van der Waals surface area (Å²) in [4.78, 5) is 24.6. The number of hydrogen-bond donors (Lipinski definition) is 2. The molecule has 0 radical (unpaired) electrons. The molecule has 1 aliphatic rings. The number of amides is 2. The van der Waals surface area contributed by atoms with Crippen molar-refractivity contribution in [3.05, 3.63) is 65.4 Å². The Morgan fingerprint density at radius 3 is 2.86 bits per heavy atom. The zero-order valence-electron chi connectivity index (χ0n) is 15.8. The van der Waals surface area contributed by atoms with Gasteiger partial charge in [-0.25, -0.2) is 0 Å². The number of nitrogens with one attached hydrogen (secondary N) is 2. The number of aromatic nitrogens is 2. The molecular weight excluding hydrogens is 356 g/mol. The fraction of sp³-hybridized carbons (Fsp3) is 0.286. The number of carbonyl (C=O) groups is 2. The van der Waals surface area contributed by atoms with Crippen molar-refractivity contribution in [1.29, 1.82) is 0 Å². The van der Waals surface area contributed by atoms with Crippen molar-refractivity contribution in [3.63, 3.8) is 0 Å². The van der Waals surface area contributed by atoms with E-state index in [1.54, 1.807) is 4.68 Å². The molecule has 7 heteroatoms. The first-order valence-electron chi connectivity index (χ1n) is 9.19. The number of fused-ring (bicyclic) bond motifs is 1. The summed E-state index contributed by atoms with van der Waals surface area (Å²) in [5, 5.41) is 11.3. The van der Waals surface area contributed by atoms with Gasteiger partial charge >= 0.3 is 0 Å². The van der Waals surface area contributed by atoms with Crippen LogP contribution in [0.5, 0.6) is 0 Å². The first kappa shape index (κ1) is 18.2. The molecule has 4 rings (SSSR count). The normalized spacial score (nSPS) is 19.4. The van der Waals surface area contributed by atoms with E-state index in [9.17, 15) is 9.59 Å². The van der Waals surface area contributed by atoms with Crippen molar-refractivity contribution in [3.8, 4) is 0 Å². The molecule has 0 bridgehead atoms. The van der Waals surface area contributed by atoms with Crippen molar-refractivity contribution in [1.82, 2.24) is 20.4 Å². The van der Waals surface area contributed by atoms with Gasteiger partial charge in [0.1, 0.15) is 6.61 Å². The minimum atomic E-state index is -0.795. The van der Waals surface area contributed by atoms with Crippen LogP contribution in [0.25, 0.3) is 10.9 Å².